The van der Waals surface area contributed by atoms with Gasteiger partial charge in [-0.3, -0.25) is 4.98 Å². The fourth-order valence-electron chi connectivity index (χ4n) is 2.96. The number of rotatable bonds is 3. The van der Waals surface area contributed by atoms with Crippen molar-refractivity contribution in [2.24, 2.45) is 0 Å². The van der Waals surface area contributed by atoms with Gasteiger partial charge in [0.1, 0.15) is 11.5 Å². The molecule has 2 N–H and O–H groups in total. The van der Waals surface area contributed by atoms with Gasteiger partial charge in [0.05, 0.1) is 5.52 Å². The molecular formula is C20H20N2O. The number of hydrogen-bond donors (Lipinski definition) is 1. The highest BCUT2D eigenvalue weighted by Crippen LogP contribution is 2.46. The minimum Gasteiger partial charge on any atom is -0.456 e. The maximum atomic E-state index is 6.28. The number of anilines is 1. The summed E-state index contributed by atoms with van der Waals surface area (Å²) in [7, 11) is 0. The van der Waals surface area contributed by atoms with Crippen LogP contribution in [0.15, 0.2) is 42.6 Å². The van der Waals surface area contributed by atoms with Crippen LogP contribution in [0.5, 0.6) is 11.5 Å². The van der Waals surface area contributed by atoms with Crippen LogP contribution in [0.2, 0.25) is 0 Å². The second kappa shape index (κ2) is 5.27. The zero-order chi connectivity index (χ0) is 16.0. The van der Waals surface area contributed by atoms with E-state index in [0.717, 1.165) is 28.1 Å². The van der Waals surface area contributed by atoms with E-state index in [1.807, 2.05) is 24.3 Å². The molecule has 116 valence electrons. The van der Waals surface area contributed by atoms with Crippen LogP contribution in [-0.2, 0) is 0 Å². The summed E-state index contributed by atoms with van der Waals surface area (Å²) < 4.78 is 6.28. The lowest BCUT2D eigenvalue weighted by Crippen LogP contribution is -1.95. The van der Waals surface area contributed by atoms with Gasteiger partial charge in [-0.15, -0.1) is 0 Å². The molecule has 1 aliphatic rings. The molecule has 2 aromatic carbocycles. The van der Waals surface area contributed by atoms with Gasteiger partial charge in [-0.05, 0) is 85.7 Å². The lowest BCUT2D eigenvalue weighted by molar-refractivity contribution is 0.481. The molecule has 1 fully saturated rings. The normalized spacial score (nSPS) is 14.2. The fourth-order valence-corrected chi connectivity index (χ4v) is 2.96. The summed E-state index contributed by atoms with van der Waals surface area (Å²) in [5.74, 6) is 2.35. The third-order valence-corrected chi connectivity index (χ3v) is 4.59. The Kier molecular flexibility index (Phi) is 3.22. The second-order valence-electron chi connectivity index (χ2n) is 6.44. The van der Waals surface area contributed by atoms with E-state index >= 15 is 0 Å². The minimum absolute atomic E-state index is 0.589. The summed E-state index contributed by atoms with van der Waals surface area (Å²) in [6, 6.07) is 12.1. The Balaban J connectivity index is 1.80. The van der Waals surface area contributed by atoms with E-state index in [4.69, 9.17) is 10.5 Å². The van der Waals surface area contributed by atoms with Crippen LogP contribution in [0.3, 0.4) is 0 Å². The smallest absolute Gasteiger partial charge is 0.138 e. The van der Waals surface area contributed by atoms with E-state index in [1.54, 1.807) is 6.20 Å². The van der Waals surface area contributed by atoms with E-state index in [2.05, 4.69) is 31.0 Å². The van der Waals surface area contributed by atoms with Crippen molar-refractivity contribution in [3.05, 3.63) is 59.3 Å². The summed E-state index contributed by atoms with van der Waals surface area (Å²) >= 11 is 0. The highest BCUT2D eigenvalue weighted by atomic mass is 16.5. The fraction of sp³-hybridized carbons (Fsp3) is 0.250. The molecule has 0 spiro atoms. The number of fused-ring (bicyclic) bond motifs is 1. The lowest BCUT2D eigenvalue weighted by Gasteiger charge is -2.14. The standard InChI is InChI=1S/C20H20N2O/c1-12-9-17-18(10-13(12)2)22-8-7-20(17)23-19-6-5-15(21)11-16(19)14-3-4-14/h5-11,14H,3-4,21H2,1-2H3. The largest absolute Gasteiger partial charge is 0.456 e. The topological polar surface area (TPSA) is 48.1 Å². The highest BCUT2D eigenvalue weighted by Gasteiger charge is 2.27. The van der Waals surface area contributed by atoms with Gasteiger partial charge in [-0.1, -0.05) is 0 Å². The first-order valence-corrected chi connectivity index (χ1v) is 8.05. The molecule has 3 nitrogen and oxygen atoms in total. The number of hydrogen-bond acceptors (Lipinski definition) is 3. The number of benzene rings is 2. The van der Waals surface area contributed by atoms with E-state index in [0.29, 0.717) is 5.92 Å². The maximum Gasteiger partial charge on any atom is 0.138 e. The van der Waals surface area contributed by atoms with Crippen molar-refractivity contribution in [2.45, 2.75) is 32.6 Å². The number of pyridine rings is 1. The van der Waals surface area contributed by atoms with E-state index in [1.165, 1.54) is 29.5 Å². The summed E-state index contributed by atoms with van der Waals surface area (Å²) in [6.07, 6.45) is 4.24. The molecule has 1 aliphatic carbocycles. The van der Waals surface area contributed by atoms with Crippen molar-refractivity contribution < 1.29 is 4.74 Å². The van der Waals surface area contributed by atoms with Crippen molar-refractivity contribution in [1.82, 2.24) is 4.98 Å². The van der Waals surface area contributed by atoms with Gasteiger partial charge in [0.15, 0.2) is 0 Å². The SMILES string of the molecule is Cc1cc2nccc(Oc3ccc(N)cc3C3CC3)c2cc1C. The summed E-state index contributed by atoms with van der Waals surface area (Å²) in [5.41, 5.74) is 11.4. The van der Waals surface area contributed by atoms with Crippen LogP contribution in [-0.4, -0.2) is 4.98 Å². The zero-order valence-electron chi connectivity index (χ0n) is 13.5. The Bertz CT molecular complexity index is 898. The molecule has 1 saturated carbocycles. The number of aromatic nitrogens is 1. The van der Waals surface area contributed by atoms with E-state index in [9.17, 15) is 0 Å². The van der Waals surface area contributed by atoms with E-state index < -0.39 is 0 Å². The van der Waals surface area contributed by atoms with Gasteiger partial charge in [-0.2, -0.15) is 0 Å². The molecule has 0 aliphatic heterocycles. The zero-order valence-corrected chi connectivity index (χ0v) is 13.5. The number of nitrogens with zero attached hydrogens (tertiary/aromatic N) is 1. The third kappa shape index (κ3) is 2.63. The van der Waals surface area contributed by atoms with Crippen molar-refractivity contribution in [2.75, 3.05) is 5.73 Å². The molecule has 0 amide bonds. The molecule has 4 rings (SSSR count). The van der Waals surface area contributed by atoms with Gasteiger partial charge in [-0.25, -0.2) is 0 Å². The first kappa shape index (κ1) is 14.1. The molecule has 1 heterocycles. The molecule has 0 unspecified atom stereocenters. The van der Waals surface area contributed by atoms with Crippen LogP contribution in [0, 0.1) is 13.8 Å². The van der Waals surface area contributed by atoms with Crippen molar-refractivity contribution in [1.29, 1.82) is 0 Å². The minimum atomic E-state index is 0.589. The first-order valence-electron chi connectivity index (χ1n) is 8.05. The molecule has 23 heavy (non-hydrogen) atoms. The van der Waals surface area contributed by atoms with Crippen LogP contribution in [0.4, 0.5) is 5.69 Å². The van der Waals surface area contributed by atoms with Gasteiger partial charge in [0.25, 0.3) is 0 Å². The maximum absolute atomic E-state index is 6.28. The number of aryl methyl sites for hydroxylation is 2. The van der Waals surface area contributed by atoms with Gasteiger partial charge in [0.2, 0.25) is 0 Å². The Morgan fingerprint density at radius 2 is 1.78 bits per heavy atom. The monoisotopic (exact) mass is 304 g/mol. The number of ether oxygens (including phenoxy) is 1. The second-order valence-corrected chi connectivity index (χ2v) is 6.44. The summed E-state index contributed by atoms with van der Waals surface area (Å²) in [6.45, 7) is 4.22. The number of nitrogen functional groups attached to an aromatic ring is 1. The highest BCUT2D eigenvalue weighted by molar-refractivity contribution is 5.86. The molecule has 0 bridgehead atoms. The molecule has 0 saturated heterocycles. The van der Waals surface area contributed by atoms with Crippen molar-refractivity contribution >= 4 is 16.6 Å². The molecule has 1 aromatic heterocycles. The van der Waals surface area contributed by atoms with Crippen LogP contribution < -0.4 is 10.5 Å². The lowest BCUT2D eigenvalue weighted by atomic mass is 10.1. The quantitative estimate of drug-likeness (QED) is 0.684. The van der Waals surface area contributed by atoms with Gasteiger partial charge >= 0.3 is 0 Å². The Hall–Kier alpha value is -2.55. The van der Waals surface area contributed by atoms with Gasteiger partial charge < -0.3 is 10.5 Å². The average molecular weight is 304 g/mol. The van der Waals surface area contributed by atoms with Crippen molar-refractivity contribution in [3.63, 3.8) is 0 Å². The predicted octanol–water partition coefficient (Wildman–Crippen LogP) is 5.10. The Morgan fingerprint density at radius 3 is 2.57 bits per heavy atom. The van der Waals surface area contributed by atoms with Crippen molar-refractivity contribution in [3.8, 4) is 11.5 Å². The number of nitrogens with two attached hydrogens (primary N) is 1. The first-order chi connectivity index (χ1) is 11.1. The predicted molar refractivity (Wildman–Crippen MR) is 94.1 cm³/mol. The van der Waals surface area contributed by atoms with Gasteiger partial charge in [0, 0.05) is 17.3 Å². The summed E-state index contributed by atoms with van der Waals surface area (Å²) in [5, 5.41) is 1.05. The molecule has 0 atom stereocenters. The van der Waals surface area contributed by atoms with Crippen LogP contribution >= 0.6 is 0 Å². The summed E-state index contributed by atoms with van der Waals surface area (Å²) in [4.78, 5) is 4.47. The Labute approximate surface area is 136 Å². The molecular weight excluding hydrogens is 284 g/mol. The van der Waals surface area contributed by atoms with Crippen LogP contribution in [0.25, 0.3) is 10.9 Å². The third-order valence-electron chi connectivity index (χ3n) is 4.59. The molecule has 3 aromatic rings. The average Bonchev–Trinajstić information content (AvgIpc) is 3.35. The van der Waals surface area contributed by atoms with Crippen LogP contribution in [0.1, 0.15) is 35.4 Å². The van der Waals surface area contributed by atoms with E-state index in [-0.39, 0.29) is 0 Å². The molecule has 0 radical (unpaired) electrons. The Morgan fingerprint density at radius 1 is 1.00 bits per heavy atom. The molecule has 3 heteroatoms.